The number of methoxy groups -OCH3 is 1. The lowest BCUT2D eigenvalue weighted by atomic mass is 10.1. The third-order valence-corrected chi connectivity index (χ3v) is 3.54. The predicted molar refractivity (Wildman–Crippen MR) is 73.1 cm³/mol. The van der Waals surface area contributed by atoms with Crippen molar-refractivity contribution in [1.29, 1.82) is 0 Å². The zero-order valence-electron chi connectivity index (χ0n) is 12.0. The lowest BCUT2D eigenvalue weighted by Crippen LogP contribution is -2.33. The van der Waals surface area contributed by atoms with E-state index in [0.29, 0.717) is 25.5 Å². The molecule has 1 aromatic heterocycles. The van der Waals surface area contributed by atoms with Gasteiger partial charge in [-0.25, -0.2) is 4.98 Å². The fourth-order valence-electron chi connectivity index (χ4n) is 2.53. The second-order valence-electron chi connectivity index (χ2n) is 5.34. The molecule has 0 saturated carbocycles. The maximum absolute atomic E-state index is 12.3. The number of halogens is 3. The average molecular weight is 303 g/mol. The highest BCUT2D eigenvalue weighted by atomic mass is 19.4. The van der Waals surface area contributed by atoms with Gasteiger partial charge in [-0.15, -0.1) is 0 Å². The van der Waals surface area contributed by atoms with Gasteiger partial charge in [0.05, 0.1) is 13.7 Å². The Morgan fingerprint density at radius 3 is 2.86 bits per heavy atom. The summed E-state index contributed by atoms with van der Waals surface area (Å²) in [4.78, 5) is 5.58. The fourth-order valence-corrected chi connectivity index (χ4v) is 2.53. The number of hydrogen-bond donors (Lipinski definition) is 1. The number of nitrogens with zero attached hydrogens (tertiary/aromatic N) is 2. The van der Waals surface area contributed by atoms with Crippen molar-refractivity contribution in [3.05, 3.63) is 23.9 Å². The van der Waals surface area contributed by atoms with E-state index in [2.05, 4.69) is 10.3 Å². The molecule has 21 heavy (non-hydrogen) atoms. The third kappa shape index (κ3) is 5.51. The van der Waals surface area contributed by atoms with Crippen LogP contribution in [0.3, 0.4) is 0 Å². The standard InChI is InChI=1S/C14H20F3N3O/c1-21-13-3-2-11(8-19-13)6-18-7-12-4-5-20(9-12)10-14(15,16)17/h2-3,8,12,18H,4-7,9-10H2,1H3. The Balaban J connectivity index is 1.67. The molecule has 7 heteroatoms. The van der Waals surface area contributed by atoms with Crippen LogP contribution in [0.1, 0.15) is 12.0 Å². The summed E-state index contributed by atoms with van der Waals surface area (Å²) in [5.74, 6) is 0.843. The van der Waals surface area contributed by atoms with Crippen molar-refractivity contribution < 1.29 is 17.9 Å². The van der Waals surface area contributed by atoms with Gasteiger partial charge in [0.1, 0.15) is 0 Å². The lowest BCUT2D eigenvalue weighted by molar-refractivity contribution is -0.143. The van der Waals surface area contributed by atoms with Gasteiger partial charge in [0.25, 0.3) is 0 Å². The van der Waals surface area contributed by atoms with E-state index in [1.54, 1.807) is 19.4 Å². The van der Waals surface area contributed by atoms with Gasteiger partial charge in [-0.2, -0.15) is 13.2 Å². The molecule has 0 radical (unpaired) electrons. The van der Waals surface area contributed by atoms with Gasteiger partial charge in [-0.1, -0.05) is 6.07 Å². The van der Waals surface area contributed by atoms with E-state index >= 15 is 0 Å². The molecule has 2 heterocycles. The second-order valence-corrected chi connectivity index (χ2v) is 5.34. The number of ether oxygens (including phenoxy) is 1. The number of likely N-dealkylation sites (tertiary alicyclic amines) is 1. The molecular formula is C14H20F3N3O. The molecule has 0 aromatic carbocycles. The van der Waals surface area contributed by atoms with Crippen LogP contribution in [0.15, 0.2) is 18.3 Å². The highest BCUT2D eigenvalue weighted by molar-refractivity contribution is 5.17. The summed E-state index contributed by atoms with van der Waals surface area (Å²) in [5.41, 5.74) is 1.03. The second kappa shape index (κ2) is 7.09. The highest BCUT2D eigenvalue weighted by Crippen LogP contribution is 2.22. The van der Waals surface area contributed by atoms with Crippen LogP contribution in [-0.4, -0.2) is 49.3 Å². The van der Waals surface area contributed by atoms with Crippen LogP contribution < -0.4 is 10.1 Å². The zero-order valence-corrected chi connectivity index (χ0v) is 12.0. The molecule has 1 fully saturated rings. The van der Waals surface area contributed by atoms with E-state index in [1.165, 1.54) is 4.90 Å². The van der Waals surface area contributed by atoms with Crippen LogP contribution in [-0.2, 0) is 6.54 Å². The van der Waals surface area contributed by atoms with Gasteiger partial charge in [-0.3, -0.25) is 4.90 Å². The number of pyridine rings is 1. The first-order valence-electron chi connectivity index (χ1n) is 6.95. The lowest BCUT2D eigenvalue weighted by Gasteiger charge is -2.18. The normalized spacial score (nSPS) is 19.9. The Morgan fingerprint density at radius 1 is 1.43 bits per heavy atom. The van der Waals surface area contributed by atoms with E-state index in [9.17, 15) is 13.2 Å². The fraction of sp³-hybridized carbons (Fsp3) is 0.643. The molecule has 4 nitrogen and oxygen atoms in total. The molecular weight excluding hydrogens is 283 g/mol. The molecule has 1 aliphatic rings. The van der Waals surface area contributed by atoms with Gasteiger partial charge in [0.2, 0.25) is 5.88 Å². The smallest absolute Gasteiger partial charge is 0.401 e. The minimum Gasteiger partial charge on any atom is -0.481 e. The van der Waals surface area contributed by atoms with Crippen LogP contribution in [0.4, 0.5) is 13.2 Å². The van der Waals surface area contributed by atoms with Crippen molar-refractivity contribution in [2.45, 2.75) is 19.1 Å². The van der Waals surface area contributed by atoms with E-state index in [0.717, 1.165) is 18.5 Å². The van der Waals surface area contributed by atoms with Crippen LogP contribution in [0, 0.1) is 5.92 Å². The first kappa shape index (κ1) is 16.0. The largest absolute Gasteiger partial charge is 0.481 e. The third-order valence-electron chi connectivity index (χ3n) is 3.54. The molecule has 0 spiro atoms. The van der Waals surface area contributed by atoms with Crippen molar-refractivity contribution in [3.8, 4) is 5.88 Å². The summed E-state index contributed by atoms with van der Waals surface area (Å²) in [6.07, 6.45) is -1.56. The summed E-state index contributed by atoms with van der Waals surface area (Å²) in [6.45, 7) is 1.61. The van der Waals surface area contributed by atoms with Crippen molar-refractivity contribution in [2.24, 2.45) is 5.92 Å². The van der Waals surface area contributed by atoms with E-state index in [1.807, 2.05) is 6.07 Å². The molecule has 1 aromatic rings. The van der Waals surface area contributed by atoms with E-state index in [-0.39, 0.29) is 5.92 Å². The van der Waals surface area contributed by atoms with Crippen molar-refractivity contribution in [1.82, 2.24) is 15.2 Å². The predicted octanol–water partition coefficient (Wildman–Crippen LogP) is 2.06. The Bertz CT molecular complexity index is 436. The van der Waals surface area contributed by atoms with Gasteiger partial charge in [0.15, 0.2) is 0 Å². The van der Waals surface area contributed by atoms with Crippen LogP contribution >= 0.6 is 0 Å². The minimum atomic E-state index is -4.10. The highest BCUT2D eigenvalue weighted by Gasteiger charge is 2.34. The van der Waals surface area contributed by atoms with Crippen molar-refractivity contribution >= 4 is 0 Å². The van der Waals surface area contributed by atoms with Crippen molar-refractivity contribution in [3.63, 3.8) is 0 Å². The van der Waals surface area contributed by atoms with Gasteiger partial charge < -0.3 is 10.1 Å². The Hall–Kier alpha value is -1.34. The number of nitrogens with one attached hydrogen (secondary N) is 1. The van der Waals surface area contributed by atoms with Crippen molar-refractivity contribution in [2.75, 3.05) is 33.3 Å². The van der Waals surface area contributed by atoms with Crippen LogP contribution in [0.2, 0.25) is 0 Å². The molecule has 1 N–H and O–H groups in total. The molecule has 1 saturated heterocycles. The molecule has 1 atom stereocenters. The van der Waals surface area contributed by atoms with Gasteiger partial charge in [-0.05, 0) is 31.0 Å². The van der Waals surface area contributed by atoms with Gasteiger partial charge >= 0.3 is 6.18 Å². The Morgan fingerprint density at radius 2 is 2.24 bits per heavy atom. The zero-order chi connectivity index (χ0) is 15.3. The molecule has 2 rings (SSSR count). The molecule has 0 amide bonds. The maximum Gasteiger partial charge on any atom is 0.401 e. The first-order valence-corrected chi connectivity index (χ1v) is 6.95. The molecule has 1 aliphatic heterocycles. The van der Waals surface area contributed by atoms with E-state index in [4.69, 9.17) is 4.74 Å². The number of rotatable bonds is 6. The summed E-state index contributed by atoms with van der Waals surface area (Å²) in [6, 6.07) is 3.71. The summed E-state index contributed by atoms with van der Waals surface area (Å²) < 4.78 is 41.9. The SMILES string of the molecule is COc1ccc(CNCC2CCN(CC(F)(F)F)C2)cn1. The van der Waals surface area contributed by atoms with Crippen LogP contribution in [0.5, 0.6) is 5.88 Å². The quantitative estimate of drug-likeness (QED) is 0.873. The first-order chi connectivity index (χ1) is 9.96. The Labute approximate surface area is 122 Å². The molecule has 118 valence electrons. The number of aromatic nitrogens is 1. The summed E-state index contributed by atoms with van der Waals surface area (Å²) >= 11 is 0. The average Bonchev–Trinajstić information content (AvgIpc) is 2.85. The number of alkyl halides is 3. The van der Waals surface area contributed by atoms with Gasteiger partial charge in [0, 0.05) is 25.4 Å². The summed E-state index contributed by atoms with van der Waals surface area (Å²) in [7, 11) is 1.56. The minimum absolute atomic E-state index is 0.276. The van der Waals surface area contributed by atoms with E-state index < -0.39 is 12.7 Å². The molecule has 0 aliphatic carbocycles. The Kier molecular flexibility index (Phi) is 5.41. The topological polar surface area (TPSA) is 37.4 Å². The number of hydrogen-bond acceptors (Lipinski definition) is 4. The van der Waals surface area contributed by atoms with Crippen LogP contribution in [0.25, 0.3) is 0 Å². The monoisotopic (exact) mass is 303 g/mol. The summed E-state index contributed by atoms with van der Waals surface area (Å²) in [5, 5.41) is 3.28. The molecule has 1 unspecified atom stereocenters. The molecule has 0 bridgehead atoms. The maximum atomic E-state index is 12.3.